The highest BCUT2D eigenvalue weighted by Crippen LogP contribution is 2.20. The van der Waals surface area contributed by atoms with Crippen LogP contribution in [0.1, 0.15) is 10.4 Å². The van der Waals surface area contributed by atoms with E-state index >= 15 is 0 Å². The van der Waals surface area contributed by atoms with E-state index in [0.29, 0.717) is 19.6 Å². The summed E-state index contributed by atoms with van der Waals surface area (Å²) in [5.74, 6) is 0.0835. The van der Waals surface area contributed by atoms with Crippen molar-refractivity contribution in [3.63, 3.8) is 0 Å². The van der Waals surface area contributed by atoms with Gasteiger partial charge in [-0.1, -0.05) is 36.4 Å². The fourth-order valence-corrected chi connectivity index (χ4v) is 2.97. The minimum atomic E-state index is 0.0128. The van der Waals surface area contributed by atoms with Gasteiger partial charge in [0.25, 0.3) is 5.91 Å². The van der Waals surface area contributed by atoms with E-state index in [1.54, 1.807) is 7.05 Å². The van der Waals surface area contributed by atoms with Crippen molar-refractivity contribution in [1.29, 1.82) is 0 Å². The molecule has 120 valence electrons. The number of likely N-dealkylation sites (N-methyl/N-ethyl adjacent to an activating group) is 1. The van der Waals surface area contributed by atoms with Crippen LogP contribution >= 0.6 is 0 Å². The van der Waals surface area contributed by atoms with Crippen molar-refractivity contribution in [1.82, 2.24) is 15.1 Å². The van der Waals surface area contributed by atoms with Gasteiger partial charge < -0.3 is 10.2 Å². The first-order chi connectivity index (χ1) is 11.2. The molecule has 1 saturated heterocycles. The normalized spacial score (nSPS) is 15.6. The summed E-state index contributed by atoms with van der Waals surface area (Å²) >= 11 is 0. The average molecular weight is 311 g/mol. The molecule has 3 rings (SSSR count). The lowest BCUT2D eigenvalue weighted by atomic mass is 10.0. The van der Waals surface area contributed by atoms with Crippen molar-refractivity contribution in [3.8, 4) is 0 Å². The van der Waals surface area contributed by atoms with E-state index in [4.69, 9.17) is 0 Å². The van der Waals surface area contributed by atoms with Crippen molar-refractivity contribution in [2.24, 2.45) is 0 Å². The second kappa shape index (κ2) is 6.79. The largest absolute Gasteiger partial charge is 0.358 e. The van der Waals surface area contributed by atoms with E-state index in [0.717, 1.165) is 29.4 Å². The summed E-state index contributed by atoms with van der Waals surface area (Å²) < 4.78 is 0. The Balaban J connectivity index is 1.71. The van der Waals surface area contributed by atoms with Crippen LogP contribution in [0, 0.1) is 0 Å². The first-order valence-corrected chi connectivity index (χ1v) is 7.89. The number of piperazine rings is 1. The molecule has 0 saturated carbocycles. The first kappa shape index (κ1) is 15.5. The van der Waals surface area contributed by atoms with Crippen molar-refractivity contribution in [3.05, 3.63) is 48.0 Å². The molecule has 2 amide bonds. The molecular formula is C18H21N3O2. The highest BCUT2D eigenvalue weighted by atomic mass is 16.2. The number of amides is 2. The molecule has 0 atom stereocenters. The number of benzene rings is 2. The molecule has 0 spiro atoms. The number of fused-ring (bicyclic) bond motifs is 1. The minimum absolute atomic E-state index is 0.0128. The lowest BCUT2D eigenvalue weighted by Crippen LogP contribution is -2.50. The van der Waals surface area contributed by atoms with Crippen molar-refractivity contribution < 1.29 is 9.59 Å². The molecule has 0 radical (unpaired) electrons. The average Bonchev–Trinajstić information content (AvgIpc) is 2.61. The minimum Gasteiger partial charge on any atom is -0.358 e. The van der Waals surface area contributed by atoms with Gasteiger partial charge in [0, 0.05) is 38.8 Å². The molecule has 0 aromatic heterocycles. The Morgan fingerprint density at radius 3 is 2.43 bits per heavy atom. The van der Waals surface area contributed by atoms with Crippen molar-refractivity contribution in [2.45, 2.75) is 0 Å². The third-order valence-electron chi connectivity index (χ3n) is 4.33. The highest BCUT2D eigenvalue weighted by molar-refractivity contribution is 6.07. The molecule has 2 aromatic carbocycles. The Morgan fingerprint density at radius 2 is 1.70 bits per heavy atom. The van der Waals surface area contributed by atoms with Crippen LogP contribution in [0.5, 0.6) is 0 Å². The fourth-order valence-electron chi connectivity index (χ4n) is 2.97. The van der Waals surface area contributed by atoms with Crippen LogP contribution in [0.3, 0.4) is 0 Å². The van der Waals surface area contributed by atoms with Crippen LogP contribution in [0.2, 0.25) is 0 Å². The molecule has 1 fully saturated rings. The second-order valence-electron chi connectivity index (χ2n) is 5.77. The Bertz CT molecular complexity index is 716. The number of hydrogen-bond acceptors (Lipinski definition) is 3. The van der Waals surface area contributed by atoms with Gasteiger partial charge in [0.2, 0.25) is 5.91 Å². The number of rotatable bonds is 3. The van der Waals surface area contributed by atoms with Crippen LogP contribution in [-0.4, -0.2) is 61.4 Å². The zero-order valence-electron chi connectivity index (χ0n) is 13.3. The zero-order valence-corrected chi connectivity index (χ0v) is 13.3. The van der Waals surface area contributed by atoms with Gasteiger partial charge in [0.15, 0.2) is 0 Å². The maximum atomic E-state index is 12.8. The summed E-state index contributed by atoms with van der Waals surface area (Å²) in [5, 5.41) is 4.70. The molecule has 0 unspecified atom stereocenters. The first-order valence-electron chi connectivity index (χ1n) is 7.89. The molecule has 1 N–H and O–H groups in total. The van der Waals surface area contributed by atoms with Crippen LogP contribution in [-0.2, 0) is 4.79 Å². The Morgan fingerprint density at radius 1 is 1.00 bits per heavy atom. The van der Waals surface area contributed by atoms with Gasteiger partial charge in [-0.2, -0.15) is 0 Å². The van der Waals surface area contributed by atoms with Crippen molar-refractivity contribution >= 4 is 22.6 Å². The number of nitrogens with one attached hydrogen (secondary N) is 1. The lowest BCUT2D eigenvalue weighted by Gasteiger charge is -2.34. The van der Waals surface area contributed by atoms with E-state index in [-0.39, 0.29) is 11.8 Å². The summed E-state index contributed by atoms with van der Waals surface area (Å²) in [6.45, 7) is 3.15. The zero-order chi connectivity index (χ0) is 16.2. The number of carbonyl (C=O) groups is 2. The molecule has 2 aromatic rings. The molecule has 5 nitrogen and oxygen atoms in total. The van der Waals surface area contributed by atoms with Crippen LogP contribution < -0.4 is 5.32 Å². The lowest BCUT2D eigenvalue weighted by molar-refractivity contribution is -0.122. The standard InChI is InChI=1S/C18H21N3O2/c1-19-17(22)13-20-9-11-21(12-10-20)18(23)16-8-4-6-14-5-2-3-7-15(14)16/h2-8H,9-13H2,1H3,(H,19,22). The van der Waals surface area contributed by atoms with Gasteiger partial charge >= 0.3 is 0 Å². The van der Waals surface area contributed by atoms with Crippen molar-refractivity contribution in [2.75, 3.05) is 39.8 Å². The molecule has 0 bridgehead atoms. The van der Waals surface area contributed by atoms with Gasteiger partial charge in [0.05, 0.1) is 6.54 Å². The third-order valence-corrected chi connectivity index (χ3v) is 4.33. The topological polar surface area (TPSA) is 52.7 Å². The summed E-state index contributed by atoms with van der Waals surface area (Å²) in [4.78, 5) is 28.2. The molecule has 1 aliphatic heterocycles. The van der Waals surface area contributed by atoms with E-state index < -0.39 is 0 Å². The van der Waals surface area contributed by atoms with Crippen LogP contribution in [0.4, 0.5) is 0 Å². The van der Waals surface area contributed by atoms with Gasteiger partial charge in [-0.15, -0.1) is 0 Å². The molecule has 5 heteroatoms. The maximum absolute atomic E-state index is 12.8. The van der Waals surface area contributed by atoms with Gasteiger partial charge in [0.1, 0.15) is 0 Å². The Labute approximate surface area is 135 Å². The quantitative estimate of drug-likeness (QED) is 0.931. The third kappa shape index (κ3) is 3.35. The monoisotopic (exact) mass is 311 g/mol. The summed E-state index contributed by atoms with van der Waals surface area (Å²) in [5.41, 5.74) is 0.753. The van der Waals surface area contributed by atoms with Gasteiger partial charge in [-0.3, -0.25) is 14.5 Å². The summed E-state index contributed by atoms with van der Waals surface area (Å²) in [7, 11) is 1.64. The fraction of sp³-hybridized carbons (Fsp3) is 0.333. The van der Waals surface area contributed by atoms with E-state index in [9.17, 15) is 9.59 Å². The van der Waals surface area contributed by atoms with Gasteiger partial charge in [-0.25, -0.2) is 0 Å². The predicted octanol–water partition coefficient (Wildman–Crippen LogP) is 1.34. The molecule has 0 aliphatic carbocycles. The van der Waals surface area contributed by atoms with E-state index in [1.807, 2.05) is 47.4 Å². The van der Waals surface area contributed by atoms with Crippen LogP contribution in [0.25, 0.3) is 10.8 Å². The predicted molar refractivity (Wildman–Crippen MR) is 90.4 cm³/mol. The van der Waals surface area contributed by atoms with E-state index in [1.165, 1.54) is 0 Å². The SMILES string of the molecule is CNC(=O)CN1CCN(C(=O)c2cccc3ccccc23)CC1. The second-order valence-corrected chi connectivity index (χ2v) is 5.77. The highest BCUT2D eigenvalue weighted by Gasteiger charge is 2.23. The number of hydrogen-bond donors (Lipinski definition) is 1. The molecule has 23 heavy (non-hydrogen) atoms. The Hall–Kier alpha value is -2.40. The smallest absolute Gasteiger partial charge is 0.254 e. The summed E-state index contributed by atoms with van der Waals surface area (Å²) in [6, 6.07) is 13.8. The number of carbonyl (C=O) groups excluding carboxylic acids is 2. The summed E-state index contributed by atoms with van der Waals surface area (Å²) in [6.07, 6.45) is 0. The van der Waals surface area contributed by atoms with Gasteiger partial charge in [-0.05, 0) is 16.8 Å². The Kier molecular flexibility index (Phi) is 4.57. The molecule has 1 aliphatic rings. The van der Waals surface area contributed by atoms with E-state index in [2.05, 4.69) is 10.2 Å². The molecular weight excluding hydrogens is 290 g/mol. The maximum Gasteiger partial charge on any atom is 0.254 e. The van der Waals surface area contributed by atoms with Crippen LogP contribution in [0.15, 0.2) is 42.5 Å². The number of nitrogens with zero attached hydrogens (tertiary/aromatic N) is 2. The molecule has 1 heterocycles.